The van der Waals surface area contributed by atoms with Crippen molar-refractivity contribution in [2.75, 3.05) is 40.6 Å². The van der Waals surface area contributed by atoms with Crippen LogP contribution in [-0.2, 0) is 20.7 Å². The van der Waals surface area contributed by atoms with Crippen LogP contribution in [0.4, 0.5) is 0 Å². The molecular formula is C32H36N2O8S. The molecule has 0 saturated heterocycles. The summed E-state index contributed by atoms with van der Waals surface area (Å²) in [6.45, 7) is 10.1. The summed E-state index contributed by atoms with van der Waals surface area (Å²) >= 11 is 1.19. The largest absolute Gasteiger partial charge is 0.504 e. The molecule has 1 aliphatic heterocycles. The number of carbonyl (C=O) groups is 1. The van der Waals surface area contributed by atoms with Gasteiger partial charge >= 0.3 is 5.97 Å². The smallest absolute Gasteiger partial charge is 0.338 e. The molecule has 0 amide bonds. The Balaban J connectivity index is 1.97. The molecule has 0 unspecified atom stereocenters. The summed E-state index contributed by atoms with van der Waals surface area (Å²) in [7, 11) is 3.05. The number of thiazole rings is 1. The van der Waals surface area contributed by atoms with E-state index in [0.717, 1.165) is 0 Å². The molecule has 0 bridgehead atoms. The number of phenolic OH excluding ortho intramolecular Hbond substituents is 1. The topological polar surface area (TPSA) is 118 Å². The molecule has 10 nitrogen and oxygen atoms in total. The zero-order chi connectivity index (χ0) is 31.1. The number of esters is 1. The van der Waals surface area contributed by atoms with Crippen LogP contribution in [0.3, 0.4) is 0 Å². The Labute approximate surface area is 253 Å². The summed E-state index contributed by atoms with van der Waals surface area (Å²) in [6.07, 6.45) is 3.82. The molecule has 3 aromatic rings. The molecule has 2 aromatic carbocycles. The molecule has 0 spiro atoms. The van der Waals surface area contributed by atoms with Gasteiger partial charge in [0.2, 0.25) is 0 Å². The van der Waals surface area contributed by atoms with Crippen molar-refractivity contribution < 1.29 is 33.6 Å². The number of methoxy groups -OCH3 is 2. The van der Waals surface area contributed by atoms with Crippen molar-refractivity contribution >= 4 is 23.4 Å². The standard InChI is InChI=1S/C32H36N2O8S/c1-7-11-21-16-20(17-24(28(21)35)40-8-2)18-25-30(36)34-27(22-12-10-13-23(39-6)29(22)41-9-3)26(19(4)33-32(34)43-25)31(37)42-15-14-38-5/h7,10,12-13,16-18,27,35H,1,8-9,11,14-15H2,2-6H3/b25-18+/t27-/m0/s1. The predicted molar refractivity (Wildman–Crippen MR) is 164 cm³/mol. The lowest BCUT2D eigenvalue weighted by Crippen LogP contribution is -2.40. The number of hydrogen-bond acceptors (Lipinski definition) is 10. The van der Waals surface area contributed by atoms with E-state index in [-0.39, 0.29) is 30.1 Å². The molecule has 0 radical (unpaired) electrons. The van der Waals surface area contributed by atoms with Crippen molar-refractivity contribution in [2.24, 2.45) is 4.99 Å². The highest BCUT2D eigenvalue weighted by Crippen LogP contribution is 2.41. The van der Waals surface area contributed by atoms with Crippen molar-refractivity contribution in [1.29, 1.82) is 0 Å². The van der Waals surface area contributed by atoms with Gasteiger partial charge in [-0.25, -0.2) is 9.79 Å². The number of phenols is 1. The Kier molecular flexibility index (Phi) is 10.4. The Bertz CT molecular complexity index is 1720. The molecular weight excluding hydrogens is 572 g/mol. The maximum absolute atomic E-state index is 14.2. The minimum Gasteiger partial charge on any atom is -0.504 e. The zero-order valence-corrected chi connectivity index (χ0v) is 25.8. The minimum absolute atomic E-state index is 0.0362. The van der Waals surface area contributed by atoms with E-state index in [1.54, 1.807) is 49.4 Å². The number of para-hydroxylation sites is 1. The predicted octanol–water partition coefficient (Wildman–Crippen LogP) is 3.66. The zero-order valence-electron chi connectivity index (χ0n) is 25.0. The molecule has 1 aliphatic rings. The monoisotopic (exact) mass is 608 g/mol. The minimum atomic E-state index is -0.903. The van der Waals surface area contributed by atoms with Gasteiger partial charge in [-0.05, 0) is 57.0 Å². The molecule has 0 aliphatic carbocycles. The summed E-state index contributed by atoms with van der Waals surface area (Å²) in [5.41, 5.74) is 2.10. The van der Waals surface area contributed by atoms with Crippen LogP contribution < -0.4 is 29.1 Å². The number of aromatic nitrogens is 1. The van der Waals surface area contributed by atoms with Crippen molar-refractivity contribution in [1.82, 2.24) is 4.57 Å². The van der Waals surface area contributed by atoms with Gasteiger partial charge < -0.3 is 28.8 Å². The summed E-state index contributed by atoms with van der Waals surface area (Å²) < 4.78 is 29.7. The van der Waals surface area contributed by atoms with E-state index < -0.39 is 12.0 Å². The van der Waals surface area contributed by atoms with Crippen LogP contribution in [0, 0.1) is 0 Å². The SMILES string of the molecule is C=CCc1cc(/C=c2/sc3n(c2=O)[C@@H](c2cccc(OC)c2OCC)C(C(=O)OCCOC)=C(C)N=3)cc(OCC)c1O. The van der Waals surface area contributed by atoms with Crippen molar-refractivity contribution in [3.63, 3.8) is 0 Å². The number of carbonyl (C=O) groups excluding carboxylic acids is 1. The molecule has 43 heavy (non-hydrogen) atoms. The highest BCUT2D eigenvalue weighted by Gasteiger charge is 2.36. The third-order valence-electron chi connectivity index (χ3n) is 6.71. The first-order valence-corrected chi connectivity index (χ1v) is 14.7. The molecule has 11 heteroatoms. The summed E-state index contributed by atoms with van der Waals surface area (Å²) in [5.74, 6) is 0.614. The number of fused-ring (bicyclic) bond motifs is 1. The molecule has 1 aromatic heterocycles. The number of ether oxygens (including phenoxy) is 5. The van der Waals surface area contributed by atoms with Gasteiger partial charge in [0.1, 0.15) is 12.6 Å². The van der Waals surface area contributed by atoms with Crippen LogP contribution in [-0.4, -0.2) is 56.3 Å². The first kappa shape index (κ1) is 31.6. The number of benzene rings is 2. The molecule has 1 N–H and O–H groups in total. The maximum Gasteiger partial charge on any atom is 0.338 e. The van der Waals surface area contributed by atoms with Gasteiger partial charge in [0.25, 0.3) is 5.56 Å². The average molecular weight is 609 g/mol. The van der Waals surface area contributed by atoms with Gasteiger partial charge in [-0.15, -0.1) is 6.58 Å². The number of nitrogens with zero attached hydrogens (tertiary/aromatic N) is 2. The molecule has 228 valence electrons. The first-order chi connectivity index (χ1) is 20.8. The van der Waals surface area contributed by atoms with Crippen LogP contribution in [0.1, 0.15) is 43.5 Å². The van der Waals surface area contributed by atoms with Gasteiger partial charge in [0, 0.05) is 18.2 Å². The van der Waals surface area contributed by atoms with Gasteiger partial charge in [0.05, 0.1) is 42.7 Å². The second-order valence-corrected chi connectivity index (χ2v) is 10.5. The van der Waals surface area contributed by atoms with E-state index in [4.69, 9.17) is 23.7 Å². The molecule has 2 heterocycles. The van der Waals surface area contributed by atoms with Crippen LogP contribution in [0.5, 0.6) is 23.0 Å². The highest BCUT2D eigenvalue weighted by molar-refractivity contribution is 7.07. The molecule has 4 rings (SSSR count). The van der Waals surface area contributed by atoms with Gasteiger partial charge in [-0.1, -0.05) is 29.5 Å². The summed E-state index contributed by atoms with van der Waals surface area (Å²) in [6, 6.07) is 7.90. The molecule has 1 atom stereocenters. The number of allylic oxidation sites excluding steroid dienone is 2. The lowest BCUT2D eigenvalue weighted by molar-refractivity contribution is -0.140. The fourth-order valence-corrected chi connectivity index (χ4v) is 5.93. The average Bonchev–Trinajstić information content (AvgIpc) is 3.29. The molecule has 0 fully saturated rings. The normalized spacial score (nSPS) is 14.6. The second kappa shape index (κ2) is 14.2. The lowest BCUT2D eigenvalue weighted by Gasteiger charge is -2.27. The van der Waals surface area contributed by atoms with Crippen LogP contribution in [0.15, 0.2) is 64.0 Å². The van der Waals surface area contributed by atoms with Gasteiger partial charge in [0.15, 0.2) is 27.8 Å². The van der Waals surface area contributed by atoms with Crippen LogP contribution in [0.25, 0.3) is 6.08 Å². The Hall–Kier alpha value is -4.35. The quantitative estimate of drug-likeness (QED) is 0.178. The third-order valence-corrected chi connectivity index (χ3v) is 7.70. The Morgan fingerprint density at radius 1 is 1.14 bits per heavy atom. The Morgan fingerprint density at radius 3 is 2.58 bits per heavy atom. The second-order valence-electron chi connectivity index (χ2n) is 9.47. The van der Waals surface area contributed by atoms with E-state index in [0.29, 0.717) is 68.6 Å². The van der Waals surface area contributed by atoms with Crippen molar-refractivity contribution in [3.8, 4) is 23.0 Å². The molecule has 0 saturated carbocycles. The van der Waals surface area contributed by atoms with E-state index >= 15 is 0 Å². The van der Waals surface area contributed by atoms with Gasteiger partial charge in [-0.3, -0.25) is 9.36 Å². The lowest BCUT2D eigenvalue weighted by atomic mass is 9.94. The first-order valence-electron chi connectivity index (χ1n) is 13.9. The van der Waals surface area contributed by atoms with Crippen LogP contribution >= 0.6 is 11.3 Å². The number of hydrogen-bond donors (Lipinski definition) is 1. The van der Waals surface area contributed by atoms with Crippen molar-refractivity contribution in [3.05, 3.63) is 90.6 Å². The highest BCUT2D eigenvalue weighted by atomic mass is 32.1. The van der Waals surface area contributed by atoms with E-state index in [1.165, 1.54) is 30.1 Å². The fraction of sp³-hybridized carbons (Fsp3) is 0.344. The van der Waals surface area contributed by atoms with E-state index in [1.807, 2.05) is 13.8 Å². The Morgan fingerprint density at radius 2 is 1.91 bits per heavy atom. The van der Waals surface area contributed by atoms with E-state index in [2.05, 4.69) is 11.6 Å². The third kappa shape index (κ3) is 6.52. The number of aromatic hydroxyl groups is 1. The van der Waals surface area contributed by atoms with Crippen LogP contribution in [0.2, 0.25) is 0 Å². The summed E-state index contributed by atoms with van der Waals surface area (Å²) in [5, 5.41) is 10.6. The fourth-order valence-electron chi connectivity index (χ4n) is 4.88. The summed E-state index contributed by atoms with van der Waals surface area (Å²) in [4.78, 5) is 32.7. The van der Waals surface area contributed by atoms with Crippen molar-refractivity contribution in [2.45, 2.75) is 33.2 Å². The van der Waals surface area contributed by atoms with Gasteiger partial charge in [-0.2, -0.15) is 0 Å². The van der Waals surface area contributed by atoms with E-state index in [9.17, 15) is 14.7 Å². The maximum atomic E-state index is 14.2. The number of rotatable bonds is 13.